The lowest BCUT2D eigenvalue weighted by atomic mass is 9.99. The van der Waals surface area contributed by atoms with Gasteiger partial charge >= 0.3 is 5.97 Å². The number of ether oxygens (including phenoxy) is 1. The number of fused-ring (bicyclic) bond motifs is 1. The summed E-state index contributed by atoms with van der Waals surface area (Å²) in [5, 5.41) is 17.5. The highest BCUT2D eigenvalue weighted by atomic mass is 16.5. The Bertz CT molecular complexity index is 634. The van der Waals surface area contributed by atoms with Gasteiger partial charge in [0.1, 0.15) is 11.6 Å². The molecule has 0 fully saturated rings. The van der Waals surface area contributed by atoms with Gasteiger partial charge in [0.05, 0.1) is 13.0 Å². The molecule has 0 aliphatic carbocycles. The minimum Gasteiger partial charge on any atom is -0.497 e. The molecule has 3 rings (SSSR count). The van der Waals surface area contributed by atoms with Gasteiger partial charge in [-0.15, -0.1) is 10.2 Å². The van der Waals surface area contributed by atoms with Crippen LogP contribution >= 0.6 is 0 Å². The van der Waals surface area contributed by atoms with Gasteiger partial charge in [0.25, 0.3) is 0 Å². The molecule has 1 aliphatic rings. The van der Waals surface area contributed by atoms with Crippen molar-refractivity contribution in [3.05, 3.63) is 30.1 Å². The largest absolute Gasteiger partial charge is 0.497 e. The van der Waals surface area contributed by atoms with Gasteiger partial charge in [0, 0.05) is 18.5 Å². The number of aryl methyl sites for hydroxylation is 1. The predicted molar refractivity (Wildman–Crippen MR) is 71.5 cm³/mol. The van der Waals surface area contributed by atoms with Crippen LogP contribution in [0.3, 0.4) is 0 Å². The number of hydrogen-bond donors (Lipinski definition) is 1. The fourth-order valence-electron chi connectivity index (χ4n) is 2.48. The summed E-state index contributed by atoms with van der Waals surface area (Å²) in [5.74, 6) is 1.22. The number of carboxylic acids is 1. The van der Waals surface area contributed by atoms with E-state index in [-0.39, 0.29) is 5.92 Å². The van der Waals surface area contributed by atoms with Gasteiger partial charge in [-0.05, 0) is 30.7 Å². The van der Waals surface area contributed by atoms with E-state index in [1.807, 2.05) is 28.8 Å². The van der Waals surface area contributed by atoms with Crippen LogP contribution in [0.25, 0.3) is 11.4 Å². The minimum atomic E-state index is -0.759. The molecule has 0 bridgehead atoms. The molecular formula is C14H15N3O3. The topological polar surface area (TPSA) is 77.2 Å². The molecule has 6 nitrogen and oxygen atoms in total. The minimum absolute atomic E-state index is 0.365. The Morgan fingerprint density at radius 3 is 2.75 bits per heavy atom. The summed E-state index contributed by atoms with van der Waals surface area (Å²) in [6, 6.07) is 7.52. The van der Waals surface area contributed by atoms with E-state index in [0.717, 1.165) is 17.1 Å². The molecule has 1 atom stereocenters. The quantitative estimate of drug-likeness (QED) is 0.919. The van der Waals surface area contributed by atoms with Crippen LogP contribution in [0.5, 0.6) is 5.75 Å². The van der Waals surface area contributed by atoms with E-state index in [4.69, 9.17) is 9.84 Å². The molecular weight excluding hydrogens is 258 g/mol. The van der Waals surface area contributed by atoms with Crippen LogP contribution in [0.4, 0.5) is 0 Å². The van der Waals surface area contributed by atoms with Gasteiger partial charge < -0.3 is 14.4 Å². The maximum absolute atomic E-state index is 11.1. The average molecular weight is 273 g/mol. The Morgan fingerprint density at radius 2 is 2.10 bits per heavy atom. The van der Waals surface area contributed by atoms with Crippen LogP contribution in [0.1, 0.15) is 12.2 Å². The first kappa shape index (κ1) is 12.7. The lowest BCUT2D eigenvalue weighted by Crippen LogP contribution is -2.27. The molecule has 6 heteroatoms. The fourth-order valence-corrected chi connectivity index (χ4v) is 2.48. The van der Waals surface area contributed by atoms with Crippen molar-refractivity contribution in [1.29, 1.82) is 0 Å². The second kappa shape index (κ2) is 4.96. The van der Waals surface area contributed by atoms with Gasteiger partial charge in [-0.2, -0.15) is 0 Å². The van der Waals surface area contributed by atoms with Crippen molar-refractivity contribution in [2.24, 2.45) is 5.92 Å². The maximum atomic E-state index is 11.1. The zero-order valence-electron chi connectivity index (χ0n) is 11.1. The van der Waals surface area contributed by atoms with Crippen molar-refractivity contribution >= 4 is 5.97 Å². The molecule has 1 aliphatic heterocycles. The Morgan fingerprint density at radius 1 is 1.35 bits per heavy atom. The summed E-state index contributed by atoms with van der Waals surface area (Å²) in [5.41, 5.74) is 0.913. The molecule has 2 heterocycles. The fraction of sp³-hybridized carbons (Fsp3) is 0.357. The third kappa shape index (κ3) is 2.13. The van der Waals surface area contributed by atoms with Crippen molar-refractivity contribution in [1.82, 2.24) is 14.8 Å². The summed E-state index contributed by atoms with van der Waals surface area (Å²) in [6.07, 6.45) is 1.27. The predicted octanol–water partition coefficient (Wildman–Crippen LogP) is 1.60. The van der Waals surface area contributed by atoms with E-state index in [9.17, 15) is 4.79 Å². The number of methoxy groups -OCH3 is 1. The second-order valence-corrected chi connectivity index (χ2v) is 4.85. The smallest absolute Gasteiger partial charge is 0.308 e. The zero-order chi connectivity index (χ0) is 14.1. The van der Waals surface area contributed by atoms with Crippen LogP contribution in [0.2, 0.25) is 0 Å². The molecule has 104 valence electrons. The first-order valence-electron chi connectivity index (χ1n) is 6.48. The molecule has 0 radical (unpaired) electrons. The molecule has 0 spiro atoms. The van der Waals surface area contributed by atoms with Crippen LogP contribution < -0.4 is 4.74 Å². The highest BCUT2D eigenvalue weighted by Gasteiger charge is 2.27. The van der Waals surface area contributed by atoms with Crippen molar-refractivity contribution in [2.45, 2.75) is 19.4 Å². The molecule has 1 unspecified atom stereocenters. The van der Waals surface area contributed by atoms with Crippen LogP contribution in [0.15, 0.2) is 24.3 Å². The number of benzene rings is 1. The number of aliphatic carboxylic acids is 1. The molecule has 0 amide bonds. The molecule has 2 aromatic rings. The summed E-state index contributed by atoms with van der Waals surface area (Å²) in [7, 11) is 1.62. The lowest BCUT2D eigenvalue weighted by Gasteiger charge is -2.21. The average Bonchev–Trinajstić information content (AvgIpc) is 2.90. The van der Waals surface area contributed by atoms with Gasteiger partial charge in [-0.25, -0.2) is 0 Å². The van der Waals surface area contributed by atoms with Crippen molar-refractivity contribution in [3.8, 4) is 17.1 Å². The maximum Gasteiger partial charge on any atom is 0.308 e. The summed E-state index contributed by atoms with van der Waals surface area (Å²) in [6.45, 7) is 0.430. The zero-order valence-corrected chi connectivity index (χ0v) is 11.1. The molecule has 1 aromatic heterocycles. The van der Waals surface area contributed by atoms with E-state index in [1.165, 1.54) is 0 Å². The van der Waals surface area contributed by atoms with E-state index in [0.29, 0.717) is 25.2 Å². The third-order valence-corrected chi connectivity index (χ3v) is 3.64. The van der Waals surface area contributed by atoms with E-state index in [1.54, 1.807) is 7.11 Å². The molecule has 20 heavy (non-hydrogen) atoms. The molecule has 0 saturated carbocycles. The number of rotatable bonds is 3. The van der Waals surface area contributed by atoms with Gasteiger partial charge in [-0.3, -0.25) is 4.79 Å². The SMILES string of the molecule is COc1ccc(-c2nnc3n2CC(C(=O)O)CC3)cc1. The number of carbonyl (C=O) groups is 1. The van der Waals surface area contributed by atoms with Gasteiger partial charge in [-0.1, -0.05) is 0 Å². The van der Waals surface area contributed by atoms with Crippen molar-refractivity contribution < 1.29 is 14.6 Å². The van der Waals surface area contributed by atoms with E-state index >= 15 is 0 Å². The molecule has 1 N–H and O–H groups in total. The van der Waals surface area contributed by atoms with Crippen LogP contribution in [-0.4, -0.2) is 33.0 Å². The Labute approximate surface area is 116 Å². The summed E-state index contributed by atoms with van der Waals surface area (Å²) in [4.78, 5) is 11.1. The second-order valence-electron chi connectivity index (χ2n) is 4.85. The normalized spacial score (nSPS) is 17.6. The summed E-state index contributed by atoms with van der Waals surface area (Å²) < 4.78 is 7.03. The first-order chi connectivity index (χ1) is 9.69. The lowest BCUT2D eigenvalue weighted by molar-refractivity contribution is -0.142. The van der Waals surface area contributed by atoms with Gasteiger partial charge in [0.2, 0.25) is 0 Å². The van der Waals surface area contributed by atoms with Crippen LogP contribution in [0, 0.1) is 5.92 Å². The third-order valence-electron chi connectivity index (χ3n) is 3.64. The number of nitrogens with zero attached hydrogens (tertiary/aromatic N) is 3. The van der Waals surface area contributed by atoms with Crippen molar-refractivity contribution in [2.75, 3.05) is 7.11 Å². The monoisotopic (exact) mass is 273 g/mol. The molecule has 0 saturated heterocycles. The molecule has 1 aromatic carbocycles. The Kier molecular flexibility index (Phi) is 3.14. The van der Waals surface area contributed by atoms with E-state index in [2.05, 4.69) is 10.2 Å². The first-order valence-corrected chi connectivity index (χ1v) is 6.48. The van der Waals surface area contributed by atoms with E-state index < -0.39 is 5.97 Å². The Hall–Kier alpha value is -2.37. The van der Waals surface area contributed by atoms with Crippen molar-refractivity contribution in [3.63, 3.8) is 0 Å². The standard InChI is InChI=1S/C14H15N3O3/c1-20-11-5-2-9(3-6-11)13-16-15-12-7-4-10(14(18)19)8-17(12)13/h2-3,5-6,10H,4,7-8H2,1H3,(H,18,19). The highest BCUT2D eigenvalue weighted by molar-refractivity contribution is 5.70. The number of aromatic nitrogens is 3. The number of carboxylic acid groups (broad SMARTS) is 1. The van der Waals surface area contributed by atoms with Gasteiger partial charge in [0.15, 0.2) is 5.82 Å². The summed E-state index contributed by atoms with van der Waals surface area (Å²) >= 11 is 0. The van der Waals surface area contributed by atoms with Crippen LogP contribution in [-0.2, 0) is 17.8 Å². The highest BCUT2D eigenvalue weighted by Crippen LogP contribution is 2.26. The number of hydrogen-bond acceptors (Lipinski definition) is 4. The Balaban J connectivity index is 1.95.